The van der Waals surface area contributed by atoms with E-state index in [0.717, 1.165) is 12.8 Å². The van der Waals surface area contributed by atoms with Crippen LogP contribution in [0.25, 0.3) is 0 Å². The lowest BCUT2D eigenvalue weighted by molar-refractivity contribution is 0.138. The van der Waals surface area contributed by atoms with Gasteiger partial charge < -0.3 is 15.5 Å². The van der Waals surface area contributed by atoms with Crippen LogP contribution >= 0.6 is 0 Å². The molecule has 1 fully saturated rings. The van der Waals surface area contributed by atoms with E-state index < -0.39 is 12.2 Å². The van der Waals surface area contributed by atoms with E-state index in [4.69, 9.17) is 10.2 Å². The minimum atomic E-state index is -1.05. The fraction of sp³-hybridized carbons (Fsp3) is 0.833. The molecule has 4 heteroatoms. The lowest BCUT2D eigenvalue weighted by Gasteiger charge is -2.12. The first-order valence-corrected chi connectivity index (χ1v) is 3.37. The van der Waals surface area contributed by atoms with Gasteiger partial charge in [-0.15, -0.1) is 0 Å². The van der Waals surface area contributed by atoms with Crippen molar-refractivity contribution >= 4 is 6.09 Å². The van der Waals surface area contributed by atoms with Crippen LogP contribution in [0.3, 0.4) is 0 Å². The molecular weight excluding hydrogens is 134 g/mol. The summed E-state index contributed by atoms with van der Waals surface area (Å²) in [5, 5.41) is 19.6. The Hall–Kier alpha value is -0.770. The van der Waals surface area contributed by atoms with E-state index in [0.29, 0.717) is 6.42 Å². The van der Waals surface area contributed by atoms with Crippen molar-refractivity contribution in [2.24, 2.45) is 0 Å². The molecule has 1 aliphatic carbocycles. The third-order valence-corrected chi connectivity index (χ3v) is 1.79. The molecule has 0 heterocycles. The topological polar surface area (TPSA) is 69.6 Å². The highest BCUT2D eigenvalue weighted by Gasteiger charge is 2.25. The van der Waals surface area contributed by atoms with Crippen molar-refractivity contribution in [2.75, 3.05) is 0 Å². The van der Waals surface area contributed by atoms with Crippen molar-refractivity contribution in [1.29, 1.82) is 0 Å². The number of nitrogens with one attached hydrogen (secondary N) is 1. The average Bonchev–Trinajstić information content (AvgIpc) is 2.15. The van der Waals surface area contributed by atoms with Gasteiger partial charge in [0.15, 0.2) is 0 Å². The Morgan fingerprint density at radius 2 is 2.20 bits per heavy atom. The molecule has 0 aromatic rings. The van der Waals surface area contributed by atoms with Gasteiger partial charge in [0.25, 0.3) is 0 Å². The maximum absolute atomic E-state index is 10.1. The average molecular weight is 145 g/mol. The molecule has 1 saturated carbocycles. The highest BCUT2D eigenvalue weighted by molar-refractivity contribution is 5.64. The zero-order chi connectivity index (χ0) is 7.56. The van der Waals surface area contributed by atoms with Crippen molar-refractivity contribution in [2.45, 2.75) is 31.4 Å². The second-order valence-electron chi connectivity index (χ2n) is 2.55. The number of carboxylic acid groups (broad SMARTS) is 1. The number of aliphatic hydroxyl groups excluding tert-OH is 1. The van der Waals surface area contributed by atoms with E-state index in [1.165, 1.54) is 0 Å². The lowest BCUT2D eigenvalue weighted by atomic mass is 10.2. The summed E-state index contributed by atoms with van der Waals surface area (Å²) in [7, 11) is 0. The van der Waals surface area contributed by atoms with Crippen LogP contribution in [0.15, 0.2) is 0 Å². The van der Waals surface area contributed by atoms with Crippen molar-refractivity contribution in [3.05, 3.63) is 0 Å². The summed E-state index contributed by atoms with van der Waals surface area (Å²) in [6, 6.07) is -0.238. The van der Waals surface area contributed by atoms with Crippen LogP contribution in [-0.2, 0) is 0 Å². The molecule has 0 unspecified atom stereocenters. The van der Waals surface area contributed by atoms with Crippen LogP contribution in [0.1, 0.15) is 19.3 Å². The van der Waals surface area contributed by atoms with E-state index in [1.807, 2.05) is 0 Å². The summed E-state index contributed by atoms with van der Waals surface area (Å²) < 4.78 is 0. The summed E-state index contributed by atoms with van der Waals surface area (Å²) in [4.78, 5) is 10.1. The Morgan fingerprint density at radius 1 is 1.50 bits per heavy atom. The Bertz CT molecular complexity index is 137. The highest BCUT2D eigenvalue weighted by Crippen LogP contribution is 2.18. The van der Waals surface area contributed by atoms with Gasteiger partial charge in [0.2, 0.25) is 0 Å². The van der Waals surface area contributed by atoms with Crippen LogP contribution in [0.2, 0.25) is 0 Å². The van der Waals surface area contributed by atoms with E-state index >= 15 is 0 Å². The molecular formula is C6H11NO3. The molecule has 4 nitrogen and oxygen atoms in total. The first-order chi connectivity index (χ1) is 4.70. The summed E-state index contributed by atoms with van der Waals surface area (Å²) in [6.45, 7) is 0. The van der Waals surface area contributed by atoms with Gasteiger partial charge >= 0.3 is 6.09 Å². The zero-order valence-corrected chi connectivity index (χ0v) is 5.58. The maximum Gasteiger partial charge on any atom is 0.404 e. The second-order valence-corrected chi connectivity index (χ2v) is 2.55. The summed E-state index contributed by atoms with van der Waals surface area (Å²) in [5.74, 6) is 0. The summed E-state index contributed by atoms with van der Waals surface area (Å²) in [5.41, 5.74) is 0. The normalized spacial score (nSPS) is 32.1. The van der Waals surface area contributed by atoms with Crippen LogP contribution in [-0.4, -0.2) is 28.5 Å². The van der Waals surface area contributed by atoms with Crippen molar-refractivity contribution in [3.63, 3.8) is 0 Å². The van der Waals surface area contributed by atoms with Gasteiger partial charge in [-0.1, -0.05) is 0 Å². The fourth-order valence-electron chi connectivity index (χ4n) is 1.27. The quantitative estimate of drug-likeness (QED) is 0.492. The number of rotatable bonds is 1. The van der Waals surface area contributed by atoms with Gasteiger partial charge in [0.1, 0.15) is 0 Å². The SMILES string of the molecule is O=C(O)N[C@@H]1CCC[C@H]1O. The standard InChI is InChI=1S/C6H11NO3/c8-5-3-1-2-4(5)7-6(9)10/h4-5,7-8H,1-3H2,(H,9,10)/t4-,5-/m1/s1. The molecule has 0 radical (unpaired) electrons. The fourth-order valence-corrected chi connectivity index (χ4v) is 1.27. The number of amides is 1. The van der Waals surface area contributed by atoms with E-state index in [1.54, 1.807) is 0 Å². The molecule has 58 valence electrons. The number of hydrogen-bond donors (Lipinski definition) is 3. The molecule has 10 heavy (non-hydrogen) atoms. The van der Waals surface area contributed by atoms with Gasteiger partial charge in [-0.05, 0) is 19.3 Å². The summed E-state index contributed by atoms with van der Waals surface area (Å²) in [6.07, 6.45) is 0.854. The minimum absolute atomic E-state index is 0.238. The molecule has 0 aromatic carbocycles. The third-order valence-electron chi connectivity index (χ3n) is 1.79. The first kappa shape index (κ1) is 7.34. The Balaban J connectivity index is 2.33. The predicted molar refractivity (Wildman–Crippen MR) is 34.8 cm³/mol. The molecule has 3 N–H and O–H groups in total. The number of carbonyl (C=O) groups is 1. The molecule has 0 aromatic heterocycles. The van der Waals surface area contributed by atoms with E-state index in [2.05, 4.69) is 5.32 Å². The van der Waals surface area contributed by atoms with Gasteiger partial charge in [0.05, 0.1) is 12.1 Å². The van der Waals surface area contributed by atoms with E-state index in [-0.39, 0.29) is 6.04 Å². The Labute approximate surface area is 58.9 Å². The number of aliphatic hydroxyl groups is 1. The molecule has 1 rings (SSSR count). The Kier molecular flexibility index (Phi) is 2.11. The predicted octanol–water partition coefficient (Wildman–Crippen LogP) is 0.167. The number of hydrogen-bond acceptors (Lipinski definition) is 2. The smallest absolute Gasteiger partial charge is 0.404 e. The van der Waals surface area contributed by atoms with Crippen LogP contribution in [0, 0.1) is 0 Å². The molecule has 1 aliphatic rings. The highest BCUT2D eigenvalue weighted by atomic mass is 16.4. The molecule has 0 spiro atoms. The monoisotopic (exact) mass is 145 g/mol. The second kappa shape index (κ2) is 2.88. The lowest BCUT2D eigenvalue weighted by Crippen LogP contribution is -2.38. The van der Waals surface area contributed by atoms with Crippen molar-refractivity contribution in [3.8, 4) is 0 Å². The summed E-state index contributed by atoms with van der Waals surface area (Å²) >= 11 is 0. The van der Waals surface area contributed by atoms with Crippen LogP contribution < -0.4 is 5.32 Å². The van der Waals surface area contributed by atoms with Gasteiger partial charge in [0, 0.05) is 0 Å². The van der Waals surface area contributed by atoms with Crippen molar-refractivity contribution < 1.29 is 15.0 Å². The van der Waals surface area contributed by atoms with Gasteiger partial charge in [-0.3, -0.25) is 0 Å². The van der Waals surface area contributed by atoms with Gasteiger partial charge in [-0.25, -0.2) is 4.79 Å². The largest absolute Gasteiger partial charge is 0.465 e. The molecule has 0 saturated heterocycles. The Morgan fingerprint density at radius 3 is 2.60 bits per heavy atom. The minimum Gasteiger partial charge on any atom is -0.465 e. The van der Waals surface area contributed by atoms with Crippen LogP contribution in [0.4, 0.5) is 4.79 Å². The molecule has 0 bridgehead atoms. The molecule has 0 aliphatic heterocycles. The molecule has 2 atom stereocenters. The molecule has 1 amide bonds. The van der Waals surface area contributed by atoms with Crippen molar-refractivity contribution in [1.82, 2.24) is 5.32 Å². The zero-order valence-electron chi connectivity index (χ0n) is 5.58. The maximum atomic E-state index is 10.1. The third kappa shape index (κ3) is 1.60. The first-order valence-electron chi connectivity index (χ1n) is 3.37. The van der Waals surface area contributed by atoms with E-state index in [9.17, 15) is 4.79 Å². The van der Waals surface area contributed by atoms with Gasteiger partial charge in [-0.2, -0.15) is 0 Å². The van der Waals surface area contributed by atoms with Crippen LogP contribution in [0.5, 0.6) is 0 Å².